The maximum absolute atomic E-state index is 13.2. The number of hydrogen-bond donors (Lipinski definition) is 0. The molecule has 2 nitrogen and oxygen atoms in total. The molecule has 0 amide bonds. The minimum absolute atomic E-state index is 0.0122. The van der Waals surface area contributed by atoms with Gasteiger partial charge in [0.2, 0.25) is 5.78 Å². The maximum atomic E-state index is 13.2. The Balaban J connectivity index is 1.62. The summed E-state index contributed by atoms with van der Waals surface area (Å²) >= 11 is 0. The number of ketones is 1. The van der Waals surface area contributed by atoms with Crippen LogP contribution in [0.2, 0.25) is 0 Å². The molecule has 0 spiro atoms. The molecule has 0 saturated heterocycles. The molecule has 0 bridgehead atoms. The first kappa shape index (κ1) is 22.4. The second-order valence-electron chi connectivity index (χ2n) is 8.20. The largest absolute Gasteiger partial charge is 0.482 e. The van der Waals surface area contributed by atoms with Crippen molar-refractivity contribution >= 4 is 11.5 Å². The van der Waals surface area contributed by atoms with Crippen LogP contribution >= 0.6 is 0 Å². The molecule has 4 rings (SSSR count). The van der Waals surface area contributed by atoms with Crippen LogP contribution in [0.15, 0.2) is 54.6 Å². The number of benzene rings is 2. The molecule has 170 valence electrons. The van der Waals surface area contributed by atoms with Gasteiger partial charge in [0, 0.05) is 17.0 Å². The summed E-state index contributed by atoms with van der Waals surface area (Å²) in [5, 5.41) is 0. The molecule has 1 fully saturated rings. The number of carbonyl (C=O) groups is 1. The lowest BCUT2D eigenvalue weighted by molar-refractivity contribution is -0.138. The fourth-order valence-corrected chi connectivity index (χ4v) is 4.45. The van der Waals surface area contributed by atoms with E-state index in [-0.39, 0.29) is 17.4 Å². The van der Waals surface area contributed by atoms with E-state index in [0.717, 1.165) is 62.1 Å². The van der Waals surface area contributed by atoms with Crippen LogP contribution in [0.25, 0.3) is 5.76 Å². The molecule has 32 heavy (non-hydrogen) atoms. The topological polar surface area (TPSA) is 26.3 Å². The van der Waals surface area contributed by atoms with Gasteiger partial charge >= 0.3 is 12.4 Å². The summed E-state index contributed by atoms with van der Waals surface area (Å²) in [5.74, 6) is -0.213. The van der Waals surface area contributed by atoms with Gasteiger partial charge in [-0.2, -0.15) is 26.3 Å². The van der Waals surface area contributed by atoms with Gasteiger partial charge < -0.3 is 4.74 Å². The van der Waals surface area contributed by atoms with Crippen molar-refractivity contribution in [2.45, 2.75) is 44.1 Å². The number of carbonyl (C=O) groups excluding carboxylic acids is 1. The predicted molar refractivity (Wildman–Crippen MR) is 106 cm³/mol. The molecule has 1 saturated carbocycles. The Morgan fingerprint density at radius 3 is 1.88 bits per heavy atom. The van der Waals surface area contributed by atoms with Crippen LogP contribution in [-0.4, -0.2) is 11.9 Å². The van der Waals surface area contributed by atoms with Gasteiger partial charge in [0.25, 0.3) is 0 Å². The van der Waals surface area contributed by atoms with E-state index in [1.807, 2.05) is 6.08 Å². The molecule has 0 N–H and O–H groups in total. The summed E-state index contributed by atoms with van der Waals surface area (Å²) in [6.45, 7) is 0. The normalized spacial score (nSPS) is 23.7. The van der Waals surface area contributed by atoms with Crippen molar-refractivity contribution in [3.05, 3.63) is 76.9 Å². The zero-order valence-electron chi connectivity index (χ0n) is 16.8. The lowest BCUT2D eigenvalue weighted by Crippen LogP contribution is -2.40. The van der Waals surface area contributed by atoms with Crippen LogP contribution in [0.3, 0.4) is 0 Å². The van der Waals surface area contributed by atoms with E-state index in [1.165, 1.54) is 12.1 Å². The summed E-state index contributed by atoms with van der Waals surface area (Å²) in [6, 6.07) is 8.53. The third kappa shape index (κ3) is 4.54. The Morgan fingerprint density at radius 1 is 0.781 bits per heavy atom. The number of allylic oxidation sites excluding steroid dienone is 1. The van der Waals surface area contributed by atoms with E-state index >= 15 is 0 Å². The molecular formula is C24H20F6O2. The van der Waals surface area contributed by atoms with E-state index in [0.29, 0.717) is 11.3 Å². The zero-order valence-corrected chi connectivity index (χ0v) is 16.8. The first-order chi connectivity index (χ1) is 15.0. The molecule has 8 heteroatoms. The van der Waals surface area contributed by atoms with Crippen LogP contribution in [0.5, 0.6) is 0 Å². The Hall–Kier alpha value is -2.77. The third-order valence-electron chi connectivity index (χ3n) is 6.14. The smallest absolute Gasteiger partial charge is 0.416 e. The second-order valence-corrected chi connectivity index (χ2v) is 8.20. The van der Waals surface area contributed by atoms with E-state index in [9.17, 15) is 31.1 Å². The van der Waals surface area contributed by atoms with Gasteiger partial charge in [-0.15, -0.1) is 0 Å². The Bertz CT molecular complexity index is 1000. The molecule has 1 heterocycles. The van der Waals surface area contributed by atoms with E-state index in [2.05, 4.69) is 0 Å². The monoisotopic (exact) mass is 454 g/mol. The molecule has 3 atom stereocenters. The van der Waals surface area contributed by atoms with E-state index in [1.54, 1.807) is 0 Å². The Morgan fingerprint density at radius 2 is 1.31 bits per heavy atom. The van der Waals surface area contributed by atoms with E-state index < -0.39 is 35.4 Å². The second kappa shape index (κ2) is 8.30. The van der Waals surface area contributed by atoms with Crippen molar-refractivity contribution in [1.29, 1.82) is 0 Å². The minimum atomic E-state index is -4.50. The first-order valence-electron chi connectivity index (χ1n) is 10.3. The maximum Gasteiger partial charge on any atom is 0.416 e. The average molecular weight is 454 g/mol. The number of ether oxygens (including phenoxy) is 1. The number of fused-ring (bicyclic) bond motifs is 1. The fourth-order valence-electron chi connectivity index (χ4n) is 4.45. The predicted octanol–water partition coefficient (Wildman–Crippen LogP) is 7.15. The minimum Gasteiger partial charge on any atom is -0.482 e. The van der Waals surface area contributed by atoms with Gasteiger partial charge in [0.1, 0.15) is 5.76 Å². The number of hydrogen-bond acceptors (Lipinski definition) is 2. The Kier molecular flexibility index (Phi) is 5.81. The highest BCUT2D eigenvalue weighted by atomic mass is 19.4. The van der Waals surface area contributed by atoms with Crippen LogP contribution in [0.1, 0.15) is 52.7 Å². The molecule has 1 aliphatic heterocycles. The molecular weight excluding hydrogens is 434 g/mol. The van der Waals surface area contributed by atoms with Crippen molar-refractivity contribution in [3.8, 4) is 0 Å². The van der Waals surface area contributed by atoms with Gasteiger partial charge in [0.15, 0.2) is 6.10 Å². The van der Waals surface area contributed by atoms with E-state index in [4.69, 9.17) is 4.74 Å². The summed E-state index contributed by atoms with van der Waals surface area (Å²) in [4.78, 5) is 13.2. The highest BCUT2D eigenvalue weighted by Crippen LogP contribution is 2.43. The van der Waals surface area contributed by atoms with Gasteiger partial charge in [-0.1, -0.05) is 37.1 Å². The zero-order chi connectivity index (χ0) is 23.1. The number of Topliss-reactive ketones (excluding diaryl/α,β-unsaturated/α-hetero) is 1. The van der Waals surface area contributed by atoms with Gasteiger partial charge in [-0.3, -0.25) is 4.79 Å². The Labute approximate surface area is 180 Å². The van der Waals surface area contributed by atoms with Crippen LogP contribution in [0, 0.1) is 11.8 Å². The van der Waals surface area contributed by atoms with Gasteiger partial charge in [0.05, 0.1) is 11.1 Å². The SMILES string of the molecule is O=C(c1ccc(C(F)(F)F)cc1)[C@H]1OC(c2ccc(C(F)(F)F)cc2)=C[C@H]2CCCC[C@H]12. The summed E-state index contributed by atoms with van der Waals surface area (Å²) < 4.78 is 83.2. The van der Waals surface area contributed by atoms with Crippen LogP contribution in [0.4, 0.5) is 26.3 Å². The van der Waals surface area contributed by atoms with Gasteiger partial charge in [-0.05, 0) is 49.1 Å². The number of rotatable bonds is 3. The lowest BCUT2D eigenvalue weighted by Gasteiger charge is -2.39. The van der Waals surface area contributed by atoms with Crippen molar-refractivity contribution < 1.29 is 35.9 Å². The highest BCUT2D eigenvalue weighted by molar-refractivity contribution is 6.00. The van der Waals surface area contributed by atoms with Crippen LogP contribution in [-0.2, 0) is 17.1 Å². The van der Waals surface area contributed by atoms with Crippen LogP contribution < -0.4 is 0 Å². The number of alkyl halides is 6. The van der Waals surface area contributed by atoms with Gasteiger partial charge in [-0.25, -0.2) is 0 Å². The van der Waals surface area contributed by atoms with Crippen molar-refractivity contribution in [3.63, 3.8) is 0 Å². The van der Waals surface area contributed by atoms with Crippen molar-refractivity contribution in [2.24, 2.45) is 11.8 Å². The summed E-state index contributed by atoms with van der Waals surface area (Å²) in [7, 11) is 0. The molecule has 2 aliphatic rings. The molecule has 0 aromatic heterocycles. The summed E-state index contributed by atoms with van der Waals surface area (Å²) in [6.07, 6.45) is -4.59. The molecule has 2 aromatic carbocycles. The first-order valence-corrected chi connectivity index (χ1v) is 10.3. The van der Waals surface area contributed by atoms with Crippen molar-refractivity contribution in [1.82, 2.24) is 0 Å². The molecule has 0 radical (unpaired) electrons. The standard InChI is InChI=1S/C24H20F6O2/c25-23(26,27)17-9-5-14(6-10-17)20-13-16-3-1-2-4-19(16)22(32-20)21(31)15-7-11-18(12-8-15)24(28,29)30/h5-13,16,19,22H,1-4H2/t16-,19+,22+/m1/s1. The van der Waals surface area contributed by atoms with Crippen molar-refractivity contribution in [2.75, 3.05) is 0 Å². The number of halogens is 6. The lowest BCUT2D eigenvalue weighted by atomic mass is 9.72. The molecule has 2 aromatic rings. The highest BCUT2D eigenvalue weighted by Gasteiger charge is 2.41. The quantitative estimate of drug-likeness (QED) is 0.364. The third-order valence-corrected chi connectivity index (χ3v) is 6.14. The average Bonchev–Trinajstić information content (AvgIpc) is 2.77. The molecule has 0 unspecified atom stereocenters. The molecule has 1 aliphatic carbocycles. The fraction of sp³-hybridized carbons (Fsp3) is 0.375. The summed E-state index contributed by atoms with van der Waals surface area (Å²) in [5.41, 5.74) is -1.10.